The van der Waals surface area contributed by atoms with Crippen LogP contribution in [0.25, 0.3) is 0 Å². The Kier molecular flexibility index (Phi) is 6.22. The lowest BCUT2D eigenvalue weighted by Gasteiger charge is -2.20. The molecule has 0 fully saturated rings. The van der Waals surface area contributed by atoms with Crippen LogP contribution in [0.1, 0.15) is 11.7 Å². The molecule has 0 spiro atoms. The minimum atomic E-state index is -1.51. The van der Waals surface area contributed by atoms with E-state index in [1.807, 2.05) is 6.07 Å². The van der Waals surface area contributed by atoms with E-state index in [9.17, 15) is 5.11 Å². The van der Waals surface area contributed by atoms with Crippen LogP contribution in [0.3, 0.4) is 0 Å². The lowest BCUT2D eigenvalue weighted by Crippen LogP contribution is -2.36. The van der Waals surface area contributed by atoms with Gasteiger partial charge in [0.1, 0.15) is 14.2 Å². The molecule has 0 aliphatic heterocycles. The molecule has 0 saturated heterocycles. The van der Waals surface area contributed by atoms with Gasteiger partial charge in [-0.1, -0.05) is 19.6 Å². The average Bonchev–Trinajstić information content (AvgIpc) is 2.83. The van der Waals surface area contributed by atoms with Crippen molar-refractivity contribution in [3.63, 3.8) is 0 Å². The maximum absolute atomic E-state index is 10.2. The highest BCUT2D eigenvalue weighted by Gasteiger charge is 2.27. The normalized spacial score (nSPS) is 15.5. The molecule has 2 atom stereocenters. The molecule has 1 rings (SSSR count). The highest BCUT2D eigenvalue weighted by molar-refractivity contribution is 6.87. The van der Waals surface area contributed by atoms with Crippen LogP contribution < -0.4 is 5.38 Å². The summed E-state index contributed by atoms with van der Waals surface area (Å²) in [6.45, 7) is 7.38. The van der Waals surface area contributed by atoms with E-state index in [0.29, 0.717) is 18.8 Å². The van der Waals surface area contributed by atoms with E-state index in [4.69, 9.17) is 18.6 Å². The largest absolute Gasteiger partial charge is 0.474 e. The fourth-order valence-electron chi connectivity index (χ4n) is 1.59. The van der Waals surface area contributed by atoms with Gasteiger partial charge >= 0.3 is 0 Å². The lowest BCUT2D eigenvalue weighted by molar-refractivity contribution is -0.186. The average molecular weight is 288 g/mol. The first kappa shape index (κ1) is 16.4. The van der Waals surface area contributed by atoms with E-state index in [2.05, 4.69) is 19.6 Å². The second-order valence-corrected chi connectivity index (χ2v) is 10.4. The number of aliphatic hydroxyl groups excluding tert-OH is 1. The standard InChI is InChI=1S/C13H24O5Si/c1-15-6-7-17-13(16-2)12(14)10-8-11(18-9-10)19(3,4)5/h8-9,12-14H,6-7H2,1-5H3. The summed E-state index contributed by atoms with van der Waals surface area (Å²) in [5, 5.41) is 11.2. The van der Waals surface area contributed by atoms with Crippen molar-refractivity contribution in [2.45, 2.75) is 32.0 Å². The van der Waals surface area contributed by atoms with Crippen molar-refractivity contribution >= 4 is 13.5 Å². The molecule has 1 aromatic rings. The van der Waals surface area contributed by atoms with E-state index < -0.39 is 20.5 Å². The molecule has 110 valence electrons. The predicted octanol–water partition coefficient (Wildman–Crippen LogP) is 1.49. The number of furan rings is 1. The van der Waals surface area contributed by atoms with E-state index in [-0.39, 0.29) is 0 Å². The monoisotopic (exact) mass is 288 g/mol. The van der Waals surface area contributed by atoms with E-state index in [1.54, 1.807) is 13.4 Å². The molecule has 1 aromatic heterocycles. The number of methoxy groups -OCH3 is 2. The topological polar surface area (TPSA) is 61.1 Å². The van der Waals surface area contributed by atoms with Gasteiger partial charge < -0.3 is 23.7 Å². The molecule has 0 aliphatic carbocycles. The Balaban J connectivity index is 2.69. The smallest absolute Gasteiger partial charge is 0.187 e. The van der Waals surface area contributed by atoms with Crippen LogP contribution in [0.15, 0.2) is 16.7 Å². The Hall–Kier alpha value is -0.663. The van der Waals surface area contributed by atoms with Gasteiger partial charge in [0, 0.05) is 19.8 Å². The molecule has 0 amide bonds. The molecule has 19 heavy (non-hydrogen) atoms. The zero-order valence-corrected chi connectivity index (χ0v) is 13.3. The van der Waals surface area contributed by atoms with Crippen molar-refractivity contribution in [2.24, 2.45) is 0 Å². The Morgan fingerprint density at radius 1 is 1.26 bits per heavy atom. The minimum absolute atomic E-state index is 0.366. The van der Waals surface area contributed by atoms with Crippen molar-refractivity contribution in [1.29, 1.82) is 0 Å². The van der Waals surface area contributed by atoms with Crippen LogP contribution in [0, 0.1) is 0 Å². The molecule has 0 aliphatic rings. The van der Waals surface area contributed by atoms with Crippen molar-refractivity contribution in [2.75, 3.05) is 27.4 Å². The zero-order valence-electron chi connectivity index (χ0n) is 12.3. The van der Waals surface area contributed by atoms with Crippen LogP contribution in [-0.2, 0) is 14.2 Å². The summed E-state index contributed by atoms with van der Waals surface area (Å²) in [4.78, 5) is 0. The second kappa shape index (κ2) is 7.21. The summed E-state index contributed by atoms with van der Waals surface area (Å²) in [6.07, 6.45) is -0.0119. The van der Waals surface area contributed by atoms with Gasteiger partial charge in [-0.25, -0.2) is 0 Å². The molecular weight excluding hydrogens is 264 g/mol. The number of hydrogen-bond donors (Lipinski definition) is 1. The fraction of sp³-hybridized carbons (Fsp3) is 0.692. The number of ether oxygens (including phenoxy) is 3. The summed E-state index contributed by atoms with van der Waals surface area (Å²) in [5.74, 6) is 0. The molecule has 6 heteroatoms. The van der Waals surface area contributed by atoms with Gasteiger partial charge in [-0.3, -0.25) is 0 Å². The van der Waals surface area contributed by atoms with Crippen LogP contribution in [0.5, 0.6) is 0 Å². The van der Waals surface area contributed by atoms with Crippen molar-refractivity contribution in [3.8, 4) is 0 Å². The molecule has 1 N–H and O–H groups in total. The third-order valence-electron chi connectivity index (χ3n) is 2.76. The van der Waals surface area contributed by atoms with Crippen LogP contribution in [-0.4, -0.2) is 46.9 Å². The van der Waals surface area contributed by atoms with E-state index >= 15 is 0 Å². The predicted molar refractivity (Wildman–Crippen MR) is 75.3 cm³/mol. The maximum atomic E-state index is 10.2. The quantitative estimate of drug-likeness (QED) is 0.446. The SMILES string of the molecule is COCCOC(OC)C(O)c1coc([Si](C)(C)C)c1. The number of aliphatic hydroxyl groups is 1. The summed E-state index contributed by atoms with van der Waals surface area (Å²) in [7, 11) is 1.58. The molecule has 1 heterocycles. The minimum Gasteiger partial charge on any atom is -0.474 e. The van der Waals surface area contributed by atoms with Crippen molar-refractivity contribution in [1.82, 2.24) is 0 Å². The molecule has 2 unspecified atom stereocenters. The number of rotatable bonds is 8. The Morgan fingerprint density at radius 2 is 1.95 bits per heavy atom. The Labute approximate surface area is 115 Å². The summed E-state index contributed by atoms with van der Waals surface area (Å²) >= 11 is 0. The molecule has 5 nitrogen and oxygen atoms in total. The maximum Gasteiger partial charge on any atom is 0.187 e. The molecule has 0 bridgehead atoms. The highest BCUT2D eigenvalue weighted by atomic mass is 28.3. The van der Waals surface area contributed by atoms with Crippen molar-refractivity contribution < 1.29 is 23.7 Å². The summed E-state index contributed by atoms with van der Waals surface area (Å²) in [6, 6.07) is 1.89. The van der Waals surface area contributed by atoms with Crippen LogP contribution >= 0.6 is 0 Å². The first-order valence-corrected chi connectivity index (χ1v) is 9.80. The van der Waals surface area contributed by atoms with Gasteiger partial charge in [0.25, 0.3) is 0 Å². The van der Waals surface area contributed by atoms with Gasteiger partial charge in [-0.15, -0.1) is 0 Å². The lowest BCUT2D eigenvalue weighted by atomic mass is 10.2. The third-order valence-corrected chi connectivity index (χ3v) is 4.50. The molecular formula is C13H24O5Si. The van der Waals surface area contributed by atoms with Gasteiger partial charge in [0.15, 0.2) is 6.29 Å². The first-order valence-electron chi connectivity index (χ1n) is 6.30. The van der Waals surface area contributed by atoms with Gasteiger partial charge in [0.2, 0.25) is 0 Å². The van der Waals surface area contributed by atoms with E-state index in [1.165, 1.54) is 7.11 Å². The third kappa shape index (κ3) is 4.74. The van der Waals surface area contributed by atoms with Crippen molar-refractivity contribution in [3.05, 3.63) is 17.9 Å². The van der Waals surface area contributed by atoms with Gasteiger partial charge in [-0.2, -0.15) is 0 Å². The van der Waals surface area contributed by atoms with E-state index in [0.717, 1.165) is 5.38 Å². The summed E-state index contributed by atoms with van der Waals surface area (Å²) in [5.41, 5.74) is 0.682. The highest BCUT2D eigenvalue weighted by Crippen LogP contribution is 2.20. The second-order valence-electron chi connectivity index (χ2n) is 5.41. The molecule has 0 saturated carbocycles. The van der Waals surface area contributed by atoms with Crippen LogP contribution in [0.4, 0.5) is 0 Å². The summed E-state index contributed by atoms with van der Waals surface area (Å²) < 4.78 is 21.0. The van der Waals surface area contributed by atoms with Crippen LogP contribution in [0.2, 0.25) is 19.6 Å². The number of hydrogen-bond acceptors (Lipinski definition) is 5. The molecule has 0 aromatic carbocycles. The fourth-order valence-corrected chi connectivity index (χ4v) is 2.60. The zero-order chi connectivity index (χ0) is 14.5. The molecule has 0 radical (unpaired) electrons. The Morgan fingerprint density at radius 3 is 2.42 bits per heavy atom. The van der Waals surface area contributed by atoms with Gasteiger partial charge in [-0.05, 0) is 6.07 Å². The Bertz CT molecular complexity index is 371. The first-order chi connectivity index (χ1) is 8.90. The van der Waals surface area contributed by atoms with Gasteiger partial charge in [0.05, 0.1) is 24.9 Å².